The second kappa shape index (κ2) is 10.1. The minimum absolute atomic E-state index is 0.150. The highest BCUT2D eigenvalue weighted by Crippen LogP contribution is 2.20. The highest BCUT2D eigenvalue weighted by molar-refractivity contribution is 5.98. The van der Waals surface area contributed by atoms with E-state index in [-0.39, 0.29) is 11.3 Å². The van der Waals surface area contributed by atoms with Crippen molar-refractivity contribution in [2.45, 2.75) is 26.6 Å². The van der Waals surface area contributed by atoms with E-state index in [9.17, 15) is 18.4 Å². The number of hydrazine groups is 1. The Bertz CT molecular complexity index is 799. The first kappa shape index (κ1) is 20.9. The minimum Gasteiger partial charge on any atom is -0.494 e. The van der Waals surface area contributed by atoms with Gasteiger partial charge in [-0.05, 0) is 50.2 Å². The topological polar surface area (TPSA) is 85.9 Å². The van der Waals surface area contributed by atoms with Crippen LogP contribution >= 0.6 is 0 Å². The molecule has 28 heavy (non-hydrogen) atoms. The number of nitrogens with one attached hydrogen (secondary N) is 2. The number of carbonyl (C=O) groups is 2. The van der Waals surface area contributed by atoms with Crippen LogP contribution < -0.4 is 25.1 Å². The molecule has 2 rings (SSSR count). The van der Waals surface area contributed by atoms with Crippen LogP contribution in [0.15, 0.2) is 48.5 Å². The van der Waals surface area contributed by atoms with E-state index < -0.39 is 24.5 Å². The predicted molar refractivity (Wildman–Crippen MR) is 96.4 cm³/mol. The van der Waals surface area contributed by atoms with Gasteiger partial charge in [-0.25, -0.2) is 0 Å². The third-order valence-electron chi connectivity index (χ3n) is 3.46. The van der Waals surface area contributed by atoms with Gasteiger partial charge in [-0.15, -0.1) is 0 Å². The molecule has 0 aromatic heterocycles. The Balaban J connectivity index is 1.89. The zero-order valence-electron chi connectivity index (χ0n) is 15.3. The summed E-state index contributed by atoms with van der Waals surface area (Å²) in [6.07, 6.45) is -0.925. The number of rotatable bonds is 8. The van der Waals surface area contributed by atoms with Gasteiger partial charge < -0.3 is 14.2 Å². The number of alkyl halides is 2. The first-order valence-electron chi connectivity index (χ1n) is 8.44. The zero-order valence-corrected chi connectivity index (χ0v) is 15.3. The van der Waals surface area contributed by atoms with Gasteiger partial charge in [-0.1, -0.05) is 12.1 Å². The van der Waals surface area contributed by atoms with E-state index in [1.54, 1.807) is 24.3 Å². The van der Waals surface area contributed by atoms with Crippen molar-refractivity contribution in [1.82, 2.24) is 10.9 Å². The van der Waals surface area contributed by atoms with Gasteiger partial charge in [0.25, 0.3) is 11.8 Å². The maximum atomic E-state index is 12.4. The van der Waals surface area contributed by atoms with Gasteiger partial charge in [0.05, 0.1) is 12.2 Å². The molecule has 0 bridgehead atoms. The van der Waals surface area contributed by atoms with Crippen LogP contribution in [0.3, 0.4) is 0 Å². The molecule has 2 N–H and O–H groups in total. The van der Waals surface area contributed by atoms with E-state index in [2.05, 4.69) is 15.6 Å². The van der Waals surface area contributed by atoms with Crippen molar-refractivity contribution in [2.24, 2.45) is 0 Å². The van der Waals surface area contributed by atoms with Crippen molar-refractivity contribution in [3.63, 3.8) is 0 Å². The van der Waals surface area contributed by atoms with E-state index in [4.69, 9.17) is 9.47 Å². The summed E-state index contributed by atoms with van der Waals surface area (Å²) < 4.78 is 39.9. The first-order chi connectivity index (χ1) is 13.4. The van der Waals surface area contributed by atoms with E-state index in [0.29, 0.717) is 18.1 Å². The van der Waals surface area contributed by atoms with Gasteiger partial charge in [0.15, 0.2) is 6.10 Å². The van der Waals surface area contributed by atoms with E-state index >= 15 is 0 Å². The summed E-state index contributed by atoms with van der Waals surface area (Å²) in [6, 6.07) is 12.1. The third-order valence-corrected chi connectivity index (χ3v) is 3.46. The van der Waals surface area contributed by atoms with E-state index in [1.165, 1.54) is 31.2 Å². The highest BCUT2D eigenvalue weighted by Gasteiger charge is 2.18. The quantitative estimate of drug-likeness (QED) is 0.673. The summed E-state index contributed by atoms with van der Waals surface area (Å²) in [7, 11) is 0. The number of hydrogen-bond acceptors (Lipinski definition) is 5. The number of para-hydroxylation sites is 1. The molecule has 0 saturated heterocycles. The van der Waals surface area contributed by atoms with Crippen molar-refractivity contribution in [2.75, 3.05) is 6.61 Å². The van der Waals surface area contributed by atoms with Crippen LogP contribution in [0.2, 0.25) is 0 Å². The maximum absolute atomic E-state index is 12.4. The Morgan fingerprint density at radius 2 is 1.61 bits per heavy atom. The molecule has 0 fully saturated rings. The minimum atomic E-state index is -3.08. The molecule has 9 heteroatoms. The number of halogens is 2. The Hall–Kier alpha value is -3.36. The Labute approximate surface area is 160 Å². The van der Waals surface area contributed by atoms with Crippen molar-refractivity contribution < 1.29 is 32.6 Å². The standard InChI is InChI=1S/C19H20F2N2O5/c1-3-26-13-8-10-14(11-9-13)27-12(2)17(24)22-23-18(25)15-6-4-5-7-16(15)28-19(20)21/h4-12,19H,3H2,1-2H3,(H,22,24)(H,23,25). The normalized spacial score (nSPS) is 11.5. The van der Waals surface area contributed by atoms with E-state index in [1.807, 2.05) is 6.92 Å². The van der Waals surface area contributed by atoms with Gasteiger partial charge >= 0.3 is 6.61 Å². The molecule has 2 aromatic carbocycles. The van der Waals surface area contributed by atoms with E-state index in [0.717, 1.165) is 0 Å². The summed E-state index contributed by atoms with van der Waals surface area (Å²) in [4.78, 5) is 24.2. The number of benzene rings is 2. The molecule has 150 valence electrons. The van der Waals surface area contributed by atoms with Crippen molar-refractivity contribution in [3.8, 4) is 17.2 Å². The lowest BCUT2D eigenvalue weighted by Gasteiger charge is -2.16. The van der Waals surface area contributed by atoms with Crippen LogP contribution in [0, 0.1) is 0 Å². The van der Waals surface area contributed by atoms with Crippen LogP contribution in [0.1, 0.15) is 24.2 Å². The molecule has 7 nitrogen and oxygen atoms in total. The molecule has 1 atom stereocenters. The van der Waals surface area contributed by atoms with Crippen LogP contribution in [0.5, 0.6) is 17.2 Å². The Morgan fingerprint density at radius 1 is 0.964 bits per heavy atom. The summed E-state index contributed by atoms with van der Waals surface area (Å²) in [5.41, 5.74) is 4.17. The maximum Gasteiger partial charge on any atom is 0.387 e. The number of carbonyl (C=O) groups excluding carboxylic acids is 2. The zero-order chi connectivity index (χ0) is 20.5. The van der Waals surface area contributed by atoms with Gasteiger partial charge in [0.2, 0.25) is 0 Å². The van der Waals surface area contributed by atoms with Gasteiger partial charge in [0.1, 0.15) is 17.2 Å². The third kappa shape index (κ3) is 6.11. The molecule has 0 radical (unpaired) electrons. The molecule has 2 amide bonds. The number of hydrogen-bond donors (Lipinski definition) is 2. The monoisotopic (exact) mass is 394 g/mol. The van der Waals surface area contributed by atoms with Crippen LogP contribution in [-0.4, -0.2) is 31.1 Å². The van der Waals surface area contributed by atoms with Crippen LogP contribution in [0.4, 0.5) is 8.78 Å². The lowest BCUT2D eigenvalue weighted by molar-refractivity contribution is -0.128. The summed E-state index contributed by atoms with van der Waals surface area (Å²) in [6.45, 7) is 0.810. The molecule has 0 heterocycles. The Kier molecular flexibility index (Phi) is 7.55. The number of amides is 2. The summed E-state index contributed by atoms with van der Waals surface area (Å²) >= 11 is 0. The molecule has 0 spiro atoms. The lowest BCUT2D eigenvalue weighted by atomic mass is 10.2. The van der Waals surface area contributed by atoms with Crippen LogP contribution in [0.25, 0.3) is 0 Å². The molecule has 0 aliphatic heterocycles. The fraction of sp³-hybridized carbons (Fsp3) is 0.263. The van der Waals surface area contributed by atoms with Crippen molar-refractivity contribution in [1.29, 1.82) is 0 Å². The molecule has 1 unspecified atom stereocenters. The Morgan fingerprint density at radius 3 is 2.25 bits per heavy atom. The van der Waals surface area contributed by atoms with Gasteiger partial charge in [-0.3, -0.25) is 20.4 Å². The molecular formula is C19H20F2N2O5. The fourth-order valence-corrected chi connectivity index (χ4v) is 2.18. The molecule has 2 aromatic rings. The molecule has 0 aliphatic rings. The predicted octanol–water partition coefficient (Wildman–Crippen LogP) is 2.92. The second-order valence-electron chi connectivity index (χ2n) is 5.48. The average molecular weight is 394 g/mol. The van der Waals surface area contributed by atoms with Gasteiger partial charge in [0, 0.05) is 0 Å². The molecule has 0 saturated carbocycles. The smallest absolute Gasteiger partial charge is 0.387 e. The SMILES string of the molecule is CCOc1ccc(OC(C)C(=O)NNC(=O)c2ccccc2OC(F)F)cc1. The fourth-order valence-electron chi connectivity index (χ4n) is 2.18. The summed E-state index contributed by atoms with van der Waals surface area (Å²) in [5, 5.41) is 0. The second-order valence-corrected chi connectivity index (χ2v) is 5.48. The molecule has 0 aliphatic carbocycles. The average Bonchev–Trinajstić information content (AvgIpc) is 2.67. The van der Waals surface area contributed by atoms with Crippen molar-refractivity contribution in [3.05, 3.63) is 54.1 Å². The summed E-state index contributed by atoms with van der Waals surface area (Å²) in [5.74, 6) is -0.632. The molecular weight excluding hydrogens is 374 g/mol. The van der Waals surface area contributed by atoms with Crippen LogP contribution in [-0.2, 0) is 4.79 Å². The highest BCUT2D eigenvalue weighted by atomic mass is 19.3. The van der Waals surface area contributed by atoms with Crippen molar-refractivity contribution >= 4 is 11.8 Å². The lowest BCUT2D eigenvalue weighted by Crippen LogP contribution is -2.47. The van der Waals surface area contributed by atoms with Gasteiger partial charge in [-0.2, -0.15) is 8.78 Å². The largest absolute Gasteiger partial charge is 0.494 e. The number of ether oxygens (including phenoxy) is 3. The first-order valence-corrected chi connectivity index (χ1v) is 8.44.